The molecule has 1 atom stereocenters. The van der Waals surface area contributed by atoms with Crippen LogP contribution < -0.4 is 0 Å². The molecule has 2 aliphatic heterocycles. The van der Waals surface area contributed by atoms with Crippen molar-refractivity contribution in [3.8, 4) is 0 Å². The number of hydrogen-bond donors (Lipinski definition) is 1. The van der Waals surface area contributed by atoms with Crippen LogP contribution in [-0.4, -0.2) is 53.6 Å². The van der Waals surface area contributed by atoms with Gasteiger partial charge in [0.15, 0.2) is 0 Å². The van der Waals surface area contributed by atoms with Crippen LogP contribution in [0.4, 0.5) is 4.79 Å². The first-order valence-corrected chi connectivity index (χ1v) is 8.06. The van der Waals surface area contributed by atoms with Gasteiger partial charge in [-0.05, 0) is 58.8 Å². The van der Waals surface area contributed by atoms with Crippen LogP contribution in [0.3, 0.4) is 0 Å². The number of piperidine rings is 1. The Hall–Kier alpha value is -0.810. The fourth-order valence-electron chi connectivity index (χ4n) is 3.15. The zero-order valence-corrected chi connectivity index (χ0v) is 13.6. The zero-order valence-electron chi connectivity index (χ0n) is 13.6. The number of aliphatic hydroxyl groups is 1. The first-order chi connectivity index (χ1) is 9.84. The second-order valence-electron chi connectivity index (χ2n) is 7.38. The summed E-state index contributed by atoms with van der Waals surface area (Å²) in [4.78, 5) is 13.8. The summed E-state index contributed by atoms with van der Waals surface area (Å²) in [6.45, 7) is 8.07. The Kier molecular flexibility index (Phi) is 5.15. The van der Waals surface area contributed by atoms with Crippen LogP contribution in [0, 0.1) is 5.92 Å². The molecule has 2 saturated heterocycles. The third kappa shape index (κ3) is 4.58. The van der Waals surface area contributed by atoms with E-state index in [1.165, 1.54) is 0 Å². The molecular weight excluding hydrogens is 270 g/mol. The van der Waals surface area contributed by atoms with Crippen molar-refractivity contribution in [3.05, 3.63) is 0 Å². The maximum absolute atomic E-state index is 12.1. The number of nitrogens with zero attached hydrogens (tertiary/aromatic N) is 1. The molecule has 2 aliphatic rings. The van der Waals surface area contributed by atoms with Crippen LogP contribution in [0.2, 0.25) is 0 Å². The molecule has 0 bridgehead atoms. The molecule has 0 aromatic heterocycles. The molecule has 0 aromatic carbocycles. The fourth-order valence-corrected chi connectivity index (χ4v) is 3.15. The topological polar surface area (TPSA) is 59.0 Å². The number of ether oxygens (including phenoxy) is 2. The largest absolute Gasteiger partial charge is 0.444 e. The van der Waals surface area contributed by atoms with Gasteiger partial charge >= 0.3 is 6.09 Å². The maximum Gasteiger partial charge on any atom is 0.410 e. The molecule has 5 heteroatoms. The van der Waals surface area contributed by atoms with E-state index in [0.29, 0.717) is 19.0 Å². The molecule has 0 aromatic rings. The summed E-state index contributed by atoms with van der Waals surface area (Å²) in [5, 5.41) is 9.00. The molecule has 1 unspecified atom stereocenters. The van der Waals surface area contributed by atoms with Crippen LogP contribution in [0.1, 0.15) is 52.9 Å². The maximum atomic E-state index is 12.1. The summed E-state index contributed by atoms with van der Waals surface area (Å²) in [6, 6.07) is 0. The van der Waals surface area contributed by atoms with Gasteiger partial charge in [0.25, 0.3) is 0 Å². The van der Waals surface area contributed by atoms with Crippen LogP contribution in [0.25, 0.3) is 0 Å². The van der Waals surface area contributed by atoms with Gasteiger partial charge in [0.2, 0.25) is 0 Å². The molecular formula is C16H29NO4. The van der Waals surface area contributed by atoms with Crippen molar-refractivity contribution in [2.45, 2.75) is 64.1 Å². The van der Waals surface area contributed by atoms with Crippen molar-refractivity contribution in [3.63, 3.8) is 0 Å². The van der Waals surface area contributed by atoms with Gasteiger partial charge in [-0.1, -0.05) is 0 Å². The number of hydrogen-bond acceptors (Lipinski definition) is 4. The standard InChI is InChI=1S/C16H29NO4/c1-15(2,3)21-14(19)17-9-7-16(8-10-17)6-4-13(5-11-18)12-20-16/h13,18H,4-12H2,1-3H3. The number of carbonyl (C=O) groups is 1. The number of carbonyl (C=O) groups excluding carboxylic acids is 1. The predicted octanol–water partition coefficient (Wildman–Crippen LogP) is 2.57. The van der Waals surface area contributed by atoms with Gasteiger partial charge in [0, 0.05) is 19.7 Å². The van der Waals surface area contributed by atoms with Crippen molar-refractivity contribution >= 4 is 6.09 Å². The first-order valence-electron chi connectivity index (χ1n) is 8.06. The summed E-state index contributed by atoms with van der Waals surface area (Å²) in [7, 11) is 0. The average molecular weight is 299 g/mol. The Balaban J connectivity index is 1.79. The summed E-state index contributed by atoms with van der Waals surface area (Å²) in [6.07, 6.45) is 4.55. The lowest BCUT2D eigenvalue weighted by Crippen LogP contribution is -2.51. The number of aliphatic hydroxyl groups excluding tert-OH is 1. The molecule has 1 amide bonds. The fraction of sp³-hybridized carbons (Fsp3) is 0.938. The zero-order chi connectivity index (χ0) is 15.5. The second kappa shape index (κ2) is 6.53. The van der Waals surface area contributed by atoms with E-state index in [-0.39, 0.29) is 18.3 Å². The van der Waals surface area contributed by atoms with E-state index in [0.717, 1.165) is 38.7 Å². The smallest absolute Gasteiger partial charge is 0.410 e. The van der Waals surface area contributed by atoms with Gasteiger partial charge in [0.05, 0.1) is 12.2 Å². The Labute approximate surface area is 127 Å². The third-order valence-corrected chi connectivity index (χ3v) is 4.50. The van der Waals surface area contributed by atoms with Gasteiger partial charge in [-0.3, -0.25) is 0 Å². The monoisotopic (exact) mass is 299 g/mol. The van der Waals surface area contributed by atoms with E-state index >= 15 is 0 Å². The van der Waals surface area contributed by atoms with Crippen molar-refractivity contribution in [1.29, 1.82) is 0 Å². The lowest BCUT2D eigenvalue weighted by atomic mass is 9.81. The van der Waals surface area contributed by atoms with Crippen LogP contribution in [-0.2, 0) is 9.47 Å². The van der Waals surface area contributed by atoms with E-state index < -0.39 is 5.60 Å². The van der Waals surface area contributed by atoms with Gasteiger partial charge in [-0.2, -0.15) is 0 Å². The van der Waals surface area contributed by atoms with Crippen LogP contribution in [0.5, 0.6) is 0 Å². The highest BCUT2D eigenvalue weighted by Crippen LogP contribution is 2.37. The Morgan fingerprint density at radius 2 is 2.00 bits per heavy atom. The Morgan fingerprint density at radius 1 is 1.33 bits per heavy atom. The first kappa shape index (κ1) is 16.6. The number of amides is 1. The highest BCUT2D eigenvalue weighted by Gasteiger charge is 2.40. The minimum absolute atomic E-state index is 0.0511. The third-order valence-electron chi connectivity index (χ3n) is 4.50. The highest BCUT2D eigenvalue weighted by molar-refractivity contribution is 5.68. The van der Waals surface area contributed by atoms with E-state index in [9.17, 15) is 4.79 Å². The minimum Gasteiger partial charge on any atom is -0.444 e. The van der Waals surface area contributed by atoms with Crippen molar-refractivity contribution in [2.75, 3.05) is 26.3 Å². The van der Waals surface area contributed by atoms with Crippen molar-refractivity contribution < 1.29 is 19.4 Å². The van der Waals surface area contributed by atoms with Gasteiger partial charge < -0.3 is 19.5 Å². The summed E-state index contributed by atoms with van der Waals surface area (Å²) < 4.78 is 11.5. The number of rotatable bonds is 2. The van der Waals surface area contributed by atoms with Crippen LogP contribution in [0.15, 0.2) is 0 Å². The molecule has 122 valence electrons. The molecule has 2 fully saturated rings. The lowest BCUT2D eigenvalue weighted by Gasteiger charge is -2.45. The molecule has 1 N–H and O–H groups in total. The van der Waals surface area contributed by atoms with Crippen molar-refractivity contribution in [2.24, 2.45) is 5.92 Å². The highest BCUT2D eigenvalue weighted by atomic mass is 16.6. The molecule has 0 aliphatic carbocycles. The lowest BCUT2D eigenvalue weighted by molar-refractivity contribution is -0.130. The molecule has 2 rings (SSSR count). The van der Waals surface area contributed by atoms with Gasteiger partial charge in [-0.15, -0.1) is 0 Å². The molecule has 2 heterocycles. The molecule has 5 nitrogen and oxygen atoms in total. The summed E-state index contributed by atoms with van der Waals surface area (Å²) in [5.41, 5.74) is -0.491. The molecule has 21 heavy (non-hydrogen) atoms. The van der Waals surface area contributed by atoms with E-state index in [1.807, 2.05) is 20.8 Å². The van der Waals surface area contributed by atoms with E-state index in [2.05, 4.69) is 0 Å². The number of likely N-dealkylation sites (tertiary alicyclic amines) is 1. The van der Waals surface area contributed by atoms with Gasteiger partial charge in [-0.25, -0.2) is 4.79 Å². The van der Waals surface area contributed by atoms with E-state index in [1.54, 1.807) is 4.90 Å². The molecule has 0 saturated carbocycles. The summed E-state index contributed by atoms with van der Waals surface area (Å²) in [5.74, 6) is 0.490. The van der Waals surface area contributed by atoms with Gasteiger partial charge in [0.1, 0.15) is 5.60 Å². The Morgan fingerprint density at radius 3 is 2.48 bits per heavy atom. The summed E-state index contributed by atoms with van der Waals surface area (Å²) >= 11 is 0. The Bertz CT molecular complexity index is 346. The second-order valence-corrected chi connectivity index (χ2v) is 7.38. The predicted molar refractivity (Wildman–Crippen MR) is 80.2 cm³/mol. The average Bonchev–Trinajstić information content (AvgIpc) is 2.41. The normalized spacial score (nSPS) is 25.9. The SMILES string of the molecule is CC(C)(C)OC(=O)N1CCC2(CCC(CCO)CO2)CC1. The molecule has 1 spiro atoms. The quantitative estimate of drug-likeness (QED) is 0.851. The van der Waals surface area contributed by atoms with Crippen molar-refractivity contribution in [1.82, 2.24) is 4.90 Å². The minimum atomic E-state index is -0.439. The van der Waals surface area contributed by atoms with Crippen LogP contribution >= 0.6 is 0 Å². The molecule has 0 radical (unpaired) electrons. The van der Waals surface area contributed by atoms with E-state index in [4.69, 9.17) is 14.6 Å².